The summed E-state index contributed by atoms with van der Waals surface area (Å²) in [6.07, 6.45) is 0. The van der Waals surface area contributed by atoms with E-state index in [1.54, 1.807) is 6.07 Å². The molecule has 2 amide bonds. The van der Waals surface area contributed by atoms with Crippen LogP contribution in [0.5, 0.6) is 11.5 Å². The van der Waals surface area contributed by atoms with Crippen molar-refractivity contribution in [3.8, 4) is 11.5 Å². The predicted molar refractivity (Wildman–Crippen MR) is 96.5 cm³/mol. The molecular weight excluding hydrogens is 318 g/mol. The van der Waals surface area contributed by atoms with E-state index in [4.69, 9.17) is 9.47 Å². The molecule has 0 aromatic heterocycles. The third kappa shape index (κ3) is 3.33. The highest BCUT2D eigenvalue weighted by Gasteiger charge is 2.22. The van der Waals surface area contributed by atoms with Crippen molar-refractivity contribution in [2.24, 2.45) is 0 Å². The van der Waals surface area contributed by atoms with E-state index >= 15 is 0 Å². The summed E-state index contributed by atoms with van der Waals surface area (Å²) in [6, 6.07) is 13.8. The minimum Gasteiger partial charge on any atom is -0.454 e. The molecule has 2 aliphatic rings. The fourth-order valence-corrected chi connectivity index (χ4v) is 3.17. The lowest BCUT2D eigenvalue weighted by molar-refractivity contribution is 0.174. The van der Waals surface area contributed by atoms with Gasteiger partial charge in [-0.1, -0.05) is 12.1 Å². The number of hydrogen-bond donors (Lipinski definition) is 1. The zero-order valence-corrected chi connectivity index (χ0v) is 14.2. The molecule has 0 aliphatic carbocycles. The molecule has 1 fully saturated rings. The van der Waals surface area contributed by atoms with Crippen molar-refractivity contribution < 1.29 is 14.3 Å². The van der Waals surface area contributed by atoms with E-state index in [0.29, 0.717) is 24.6 Å². The maximum atomic E-state index is 12.5. The third-order valence-corrected chi connectivity index (χ3v) is 4.56. The number of urea groups is 1. The van der Waals surface area contributed by atoms with Gasteiger partial charge in [-0.3, -0.25) is 0 Å². The van der Waals surface area contributed by atoms with Crippen LogP contribution in [0.1, 0.15) is 5.56 Å². The van der Waals surface area contributed by atoms with Gasteiger partial charge in [0.25, 0.3) is 0 Å². The van der Waals surface area contributed by atoms with E-state index in [1.807, 2.05) is 17.0 Å². The molecule has 0 atom stereocenters. The summed E-state index contributed by atoms with van der Waals surface area (Å²) in [6.45, 7) is 5.39. The molecule has 4 rings (SSSR count). The lowest BCUT2D eigenvalue weighted by Crippen LogP contribution is -2.50. The number of nitrogens with zero attached hydrogens (tertiary/aromatic N) is 2. The molecule has 25 heavy (non-hydrogen) atoms. The molecule has 2 heterocycles. The molecule has 2 aromatic rings. The van der Waals surface area contributed by atoms with Gasteiger partial charge in [-0.25, -0.2) is 4.79 Å². The first-order valence-corrected chi connectivity index (χ1v) is 8.46. The number of aryl methyl sites for hydroxylation is 1. The summed E-state index contributed by atoms with van der Waals surface area (Å²) in [5.74, 6) is 1.38. The van der Waals surface area contributed by atoms with Gasteiger partial charge in [0.1, 0.15) is 0 Å². The van der Waals surface area contributed by atoms with Crippen LogP contribution in [0.2, 0.25) is 0 Å². The van der Waals surface area contributed by atoms with Crippen molar-refractivity contribution in [1.82, 2.24) is 4.90 Å². The Morgan fingerprint density at radius 1 is 1.00 bits per heavy atom. The van der Waals surface area contributed by atoms with Gasteiger partial charge in [0.2, 0.25) is 6.79 Å². The van der Waals surface area contributed by atoms with Gasteiger partial charge in [0, 0.05) is 43.6 Å². The summed E-state index contributed by atoms with van der Waals surface area (Å²) < 4.78 is 10.6. The number of ether oxygens (including phenoxy) is 2. The Bertz CT molecular complexity index is 785. The summed E-state index contributed by atoms with van der Waals surface area (Å²) in [7, 11) is 0. The fraction of sp³-hybridized carbons (Fsp3) is 0.316. The zero-order valence-electron chi connectivity index (χ0n) is 14.2. The molecular formula is C19H21N3O3. The highest BCUT2D eigenvalue weighted by atomic mass is 16.7. The second-order valence-corrected chi connectivity index (χ2v) is 6.31. The average molecular weight is 339 g/mol. The highest BCUT2D eigenvalue weighted by Crippen LogP contribution is 2.34. The largest absolute Gasteiger partial charge is 0.454 e. The van der Waals surface area contributed by atoms with E-state index in [0.717, 1.165) is 18.8 Å². The van der Waals surface area contributed by atoms with Gasteiger partial charge in [-0.15, -0.1) is 0 Å². The molecule has 2 aliphatic heterocycles. The monoisotopic (exact) mass is 339 g/mol. The SMILES string of the molecule is Cc1cccc(N2CCN(C(=O)Nc3ccc4c(c3)OCO4)CC2)c1. The number of fused-ring (bicyclic) bond motifs is 1. The smallest absolute Gasteiger partial charge is 0.321 e. The predicted octanol–water partition coefficient (Wildman–Crippen LogP) is 3.08. The molecule has 2 aromatic carbocycles. The number of carbonyl (C=O) groups is 1. The molecule has 0 radical (unpaired) electrons. The van der Waals surface area contributed by atoms with E-state index in [1.165, 1.54) is 11.3 Å². The van der Waals surface area contributed by atoms with Crippen LogP contribution in [0.4, 0.5) is 16.2 Å². The summed E-state index contributed by atoms with van der Waals surface area (Å²) in [5, 5.41) is 2.94. The van der Waals surface area contributed by atoms with Crippen LogP contribution >= 0.6 is 0 Å². The number of nitrogens with one attached hydrogen (secondary N) is 1. The van der Waals surface area contributed by atoms with Crippen LogP contribution in [0.15, 0.2) is 42.5 Å². The number of anilines is 2. The average Bonchev–Trinajstić information content (AvgIpc) is 3.09. The van der Waals surface area contributed by atoms with Crippen molar-refractivity contribution >= 4 is 17.4 Å². The van der Waals surface area contributed by atoms with Crippen LogP contribution in [-0.4, -0.2) is 43.9 Å². The normalized spacial score (nSPS) is 16.0. The molecule has 6 nitrogen and oxygen atoms in total. The summed E-state index contributed by atoms with van der Waals surface area (Å²) >= 11 is 0. The fourth-order valence-electron chi connectivity index (χ4n) is 3.17. The van der Waals surface area contributed by atoms with Gasteiger partial charge in [-0.05, 0) is 36.8 Å². The van der Waals surface area contributed by atoms with Crippen molar-refractivity contribution in [3.63, 3.8) is 0 Å². The third-order valence-electron chi connectivity index (χ3n) is 4.56. The number of piperazine rings is 1. The quantitative estimate of drug-likeness (QED) is 0.914. The summed E-state index contributed by atoms with van der Waals surface area (Å²) in [5.41, 5.74) is 3.19. The first-order valence-electron chi connectivity index (χ1n) is 8.46. The van der Waals surface area contributed by atoms with E-state index in [9.17, 15) is 4.79 Å². The molecule has 1 N–H and O–H groups in total. The molecule has 0 unspecified atom stereocenters. The van der Waals surface area contributed by atoms with E-state index in [2.05, 4.69) is 41.4 Å². The second-order valence-electron chi connectivity index (χ2n) is 6.31. The maximum absolute atomic E-state index is 12.5. The molecule has 0 spiro atoms. The van der Waals surface area contributed by atoms with Crippen molar-refractivity contribution in [2.75, 3.05) is 43.2 Å². The zero-order chi connectivity index (χ0) is 17.2. The lowest BCUT2D eigenvalue weighted by atomic mass is 10.2. The minimum atomic E-state index is -0.0808. The first-order chi connectivity index (χ1) is 12.2. The molecule has 0 saturated carbocycles. The topological polar surface area (TPSA) is 54.0 Å². The Labute approximate surface area is 146 Å². The van der Waals surface area contributed by atoms with Crippen molar-refractivity contribution in [2.45, 2.75) is 6.92 Å². The van der Waals surface area contributed by atoms with Gasteiger partial charge in [0.05, 0.1) is 0 Å². The number of benzene rings is 2. The Balaban J connectivity index is 1.35. The molecule has 1 saturated heterocycles. The Kier molecular flexibility index (Phi) is 4.09. The Morgan fingerprint density at radius 3 is 2.60 bits per heavy atom. The number of amides is 2. The highest BCUT2D eigenvalue weighted by molar-refractivity contribution is 5.90. The van der Waals surface area contributed by atoms with Gasteiger partial charge in [0.15, 0.2) is 11.5 Å². The van der Waals surface area contributed by atoms with Gasteiger partial charge in [-0.2, -0.15) is 0 Å². The van der Waals surface area contributed by atoms with Gasteiger partial charge >= 0.3 is 6.03 Å². The number of carbonyl (C=O) groups excluding carboxylic acids is 1. The second kappa shape index (κ2) is 6.55. The number of hydrogen-bond acceptors (Lipinski definition) is 4. The van der Waals surface area contributed by atoms with E-state index in [-0.39, 0.29) is 12.8 Å². The van der Waals surface area contributed by atoms with E-state index < -0.39 is 0 Å². The van der Waals surface area contributed by atoms with Gasteiger partial charge < -0.3 is 24.6 Å². The van der Waals surface area contributed by atoms with Crippen LogP contribution in [0.25, 0.3) is 0 Å². The van der Waals surface area contributed by atoms with Crippen LogP contribution in [-0.2, 0) is 0 Å². The van der Waals surface area contributed by atoms with Crippen molar-refractivity contribution in [1.29, 1.82) is 0 Å². The molecule has 0 bridgehead atoms. The molecule has 130 valence electrons. The lowest BCUT2D eigenvalue weighted by Gasteiger charge is -2.36. The minimum absolute atomic E-state index is 0.0808. The van der Waals surface area contributed by atoms with Crippen LogP contribution in [0, 0.1) is 6.92 Å². The maximum Gasteiger partial charge on any atom is 0.321 e. The Morgan fingerprint density at radius 2 is 1.80 bits per heavy atom. The van der Waals surface area contributed by atoms with Crippen LogP contribution < -0.4 is 19.7 Å². The molecule has 6 heteroatoms. The standard InChI is InChI=1S/C19H21N3O3/c1-14-3-2-4-16(11-14)21-7-9-22(10-8-21)19(23)20-15-5-6-17-18(12-15)25-13-24-17/h2-6,11-12H,7-10,13H2,1H3,(H,20,23). The van der Waals surface area contributed by atoms with Crippen molar-refractivity contribution in [3.05, 3.63) is 48.0 Å². The summed E-state index contributed by atoms with van der Waals surface area (Å²) in [4.78, 5) is 16.7. The number of rotatable bonds is 2. The first kappa shape index (κ1) is 15.6. The van der Waals surface area contributed by atoms with Crippen LogP contribution in [0.3, 0.4) is 0 Å². The Hall–Kier alpha value is -2.89.